The molecule has 0 N–H and O–H groups in total. The third-order valence-electron chi connectivity index (χ3n) is 7.40. The van der Waals surface area contributed by atoms with Crippen LogP contribution < -0.4 is 10.3 Å². The highest BCUT2D eigenvalue weighted by Crippen LogP contribution is 2.32. The molecule has 2 aromatic carbocycles. The van der Waals surface area contributed by atoms with Gasteiger partial charge in [0.05, 0.1) is 29.7 Å². The zero-order valence-electron chi connectivity index (χ0n) is 22.3. The molecule has 0 saturated heterocycles. The van der Waals surface area contributed by atoms with Gasteiger partial charge in [0.25, 0.3) is 5.56 Å². The molecule has 3 aromatic rings. The van der Waals surface area contributed by atoms with Crippen LogP contribution in [0.2, 0.25) is 0 Å². The number of hydrogen-bond donors (Lipinski definition) is 0. The van der Waals surface area contributed by atoms with Crippen LogP contribution in [0.5, 0.6) is 5.75 Å². The zero-order valence-corrected chi connectivity index (χ0v) is 22.3. The smallest absolute Gasteiger partial charge is 0.266 e. The summed E-state index contributed by atoms with van der Waals surface area (Å²) in [5, 5.41) is 0.546. The van der Waals surface area contributed by atoms with Gasteiger partial charge in [-0.05, 0) is 68.9 Å². The molecule has 4 rings (SSSR count). The second-order valence-corrected chi connectivity index (χ2v) is 10.5. The molecule has 36 heavy (non-hydrogen) atoms. The van der Waals surface area contributed by atoms with Crippen LogP contribution in [-0.4, -0.2) is 34.0 Å². The first-order valence-electron chi connectivity index (χ1n) is 13.3. The van der Waals surface area contributed by atoms with Crippen molar-refractivity contribution in [2.24, 2.45) is 11.8 Å². The Kier molecular flexibility index (Phi) is 8.12. The summed E-state index contributed by atoms with van der Waals surface area (Å²) in [4.78, 5) is 34.8. The zero-order chi connectivity index (χ0) is 25.8. The van der Waals surface area contributed by atoms with Gasteiger partial charge in [-0.3, -0.25) is 14.2 Å². The first kappa shape index (κ1) is 25.9. The van der Waals surface area contributed by atoms with E-state index in [4.69, 9.17) is 9.72 Å². The highest BCUT2D eigenvalue weighted by atomic mass is 16.5. The SMILES string of the molecule is COc1ccc(C)cc1-n1c(C(C)N(CCC(C)C)C(=O)C2CCCCC2)nc2ccccc2c1=O. The number of aromatic nitrogens is 2. The lowest BCUT2D eigenvalue weighted by Crippen LogP contribution is -2.42. The van der Waals surface area contributed by atoms with Gasteiger partial charge in [0.2, 0.25) is 5.91 Å². The minimum atomic E-state index is -0.374. The van der Waals surface area contributed by atoms with Crippen LogP contribution in [-0.2, 0) is 4.79 Å². The van der Waals surface area contributed by atoms with Crippen LogP contribution in [0, 0.1) is 18.8 Å². The van der Waals surface area contributed by atoms with E-state index in [-0.39, 0.29) is 23.4 Å². The third-order valence-corrected chi connectivity index (χ3v) is 7.40. The summed E-state index contributed by atoms with van der Waals surface area (Å²) in [7, 11) is 1.61. The summed E-state index contributed by atoms with van der Waals surface area (Å²) in [6, 6.07) is 12.8. The van der Waals surface area contributed by atoms with Crippen molar-refractivity contribution in [3.8, 4) is 11.4 Å². The molecule has 1 fully saturated rings. The monoisotopic (exact) mass is 489 g/mol. The Balaban J connectivity index is 1.90. The Morgan fingerprint density at radius 3 is 2.53 bits per heavy atom. The third kappa shape index (κ3) is 5.32. The van der Waals surface area contributed by atoms with Crippen LogP contribution in [0.25, 0.3) is 16.6 Å². The van der Waals surface area contributed by atoms with E-state index in [0.717, 1.165) is 37.7 Å². The van der Waals surface area contributed by atoms with E-state index in [0.29, 0.717) is 40.6 Å². The molecule has 0 bridgehead atoms. The van der Waals surface area contributed by atoms with Gasteiger partial charge < -0.3 is 9.64 Å². The van der Waals surface area contributed by atoms with Crippen molar-refractivity contribution in [2.45, 2.75) is 72.3 Å². The fourth-order valence-electron chi connectivity index (χ4n) is 5.25. The maximum absolute atomic E-state index is 14.0. The van der Waals surface area contributed by atoms with E-state index >= 15 is 0 Å². The number of methoxy groups -OCH3 is 1. The van der Waals surface area contributed by atoms with E-state index in [1.165, 1.54) is 6.42 Å². The average molecular weight is 490 g/mol. The van der Waals surface area contributed by atoms with E-state index in [9.17, 15) is 9.59 Å². The molecule has 1 aliphatic carbocycles. The number of hydrogen-bond acceptors (Lipinski definition) is 4. The number of fused-ring (bicyclic) bond motifs is 1. The Bertz CT molecular complexity index is 1270. The maximum atomic E-state index is 14.0. The molecule has 0 spiro atoms. The van der Waals surface area contributed by atoms with Crippen LogP contribution in [0.4, 0.5) is 0 Å². The largest absolute Gasteiger partial charge is 0.495 e. The highest BCUT2D eigenvalue weighted by Gasteiger charge is 2.32. The highest BCUT2D eigenvalue weighted by molar-refractivity contribution is 5.80. The van der Waals surface area contributed by atoms with Crippen molar-refractivity contribution in [1.29, 1.82) is 0 Å². The number of carbonyl (C=O) groups excluding carboxylic acids is 1. The normalized spacial score (nSPS) is 15.3. The van der Waals surface area contributed by atoms with Gasteiger partial charge in [0, 0.05) is 12.5 Å². The summed E-state index contributed by atoms with van der Waals surface area (Å²) in [5.41, 5.74) is 2.15. The molecular weight excluding hydrogens is 450 g/mol. The van der Waals surface area contributed by atoms with Gasteiger partial charge in [0.1, 0.15) is 11.6 Å². The van der Waals surface area contributed by atoms with Gasteiger partial charge >= 0.3 is 0 Å². The molecule has 6 nitrogen and oxygen atoms in total. The van der Waals surface area contributed by atoms with E-state index in [1.54, 1.807) is 11.7 Å². The molecule has 0 radical (unpaired) electrons. The van der Waals surface area contributed by atoms with Crippen molar-refractivity contribution in [3.63, 3.8) is 0 Å². The van der Waals surface area contributed by atoms with Gasteiger partial charge in [-0.15, -0.1) is 0 Å². The van der Waals surface area contributed by atoms with Gasteiger partial charge in [-0.25, -0.2) is 4.98 Å². The number of benzene rings is 2. The summed E-state index contributed by atoms with van der Waals surface area (Å²) < 4.78 is 7.33. The number of amides is 1. The van der Waals surface area contributed by atoms with Crippen LogP contribution in [0.3, 0.4) is 0 Å². The minimum absolute atomic E-state index is 0.0440. The standard InChI is InChI=1S/C30H39N3O3/c1-20(2)17-18-32(29(34)23-11-7-6-8-12-23)22(4)28-31-25-14-10-9-13-24(25)30(35)33(28)26-19-21(3)15-16-27(26)36-5/h9-10,13-16,19-20,22-23H,6-8,11-12,17-18H2,1-5H3. The first-order chi connectivity index (χ1) is 17.3. The van der Waals surface area contributed by atoms with Gasteiger partial charge in [0.15, 0.2) is 0 Å². The quantitative estimate of drug-likeness (QED) is 0.377. The lowest BCUT2D eigenvalue weighted by atomic mass is 9.87. The van der Waals surface area contributed by atoms with Crippen molar-refractivity contribution in [2.75, 3.05) is 13.7 Å². The lowest BCUT2D eigenvalue weighted by molar-refractivity contribution is -0.139. The average Bonchev–Trinajstić information content (AvgIpc) is 2.88. The molecule has 1 amide bonds. The summed E-state index contributed by atoms with van der Waals surface area (Å²) in [6.45, 7) is 9.00. The molecule has 1 aromatic heterocycles. The van der Waals surface area contributed by atoms with E-state index in [2.05, 4.69) is 13.8 Å². The topological polar surface area (TPSA) is 64.4 Å². The fourth-order valence-corrected chi connectivity index (χ4v) is 5.25. The van der Waals surface area contributed by atoms with Crippen LogP contribution in [0.15, 0.2) is 47.3 Å². The molecule has 6 heteroatoms. The summed E-state index contributed by atoms with van der Waals surface area (Å²) in [6.07, 6.45) is 6.17. The Morgan fingerprint density at radius 1 is 1.11 bits per heavy atom. The van der Waals surface area contributed by atoms with Crippen LogP contribution >= 0.6 is 0 Å². The number of para-hydroxylation sites is 1. The molecular formula is C30H39N3O3. The van der Waals surface area contributed by atoms with Crippen molar-refractivity contribution in [3.05, 3.63) is 64.2 Å². The van der Waals surface area contributed by atoms with E-state index < -0.39 is 0 Å². The molecule has 1 atom stereocenters. The molecule has 1 saturated carbocycles. The molecule has 1 unspecified atom stereocenters. The Hall–Kier alpha value is -3.15. The maximum Gasteiger partial charge on any atom is 0.266 e. The molecule has 0 aliphatic heterocycles. The number of carbonyl (C=O) groups is 1. The summed E-state index contributed by atoms with van der Waals surface area (Å²) in [5.74, 6) is 1.86. The summed E-state index contributed by atoms with van der Waals surface area (Å²) >= 11 is 0. The molecule has 1 heterocycles. The van der Waals surface area contributed by atoms with Crippen molar-refractivity contribution >= 4 is 16.8 Å². The number of aryl methyl sites for hydroxylation is 1. The second-order valence-electron chi connectivity index (χ2n) is 10.5. The molecule has 1 aliphatic rings. The van der Waals surface area contributed by atoms with Crippen molar-refractivity contribution < 1.29 is 9.53 Å². The first-order valence-corrected chi connectivity index (χ1v) is 13.3. The second kappa shape index (κ2) is 11.3. The van der Waals surface area contributed by atoms with Crippen LogP contribution in [0.1, 0.15) is 76.7 Å². The van der Waals surface area contributed by atoms with Crippen molar-refractivity contribution in [1.82, 2.24) is 14.5 Å². The Morgan fingerprint density at radius 2 is 1.83 bits per heavy atom. The fraction of sp³-hybridized carbons (Fsp3) is 0.500. The van der Waals surface area contributed by atoms with Gasteiger partial charge in [-0.2, -0.15) is 0 Å². The number of rotatable bonds is 8. The predicted octanol–water partition coefficient (Wildman–Crippen LogP) is 6.22. The number of ether oxygens (including phenoxy) is 1. The predicted molar refractivity (Wildman–Crippen MR) is 145 cm³/mol. The van der Waals surface area contributed by atoms with Gasteiger partial charge in [-0.1, -0.05) is 51.3 Å². The lowest BCUT2D eigenvalue weighted by Gasteiger charge is -2.35. The Labute approximate surface area is 214 Å². The number of nitrogens with zero attached hydrogens (tertiary/aromatic N) is 3. The van der Waals surface area contributed by atoms with E-state index in [1.807, 2.05) is 61.2 Å². The minimum Gasteiger partial charge on any atom is -0.495 e. The molecule has 192 valence electrons.